The molecule has 25 heavy (non-hydrogen) atoms. The summed E-state index contributed by atoms with van der Waals surface area (Å²) in [6.07, 6.45) is -0.612. The maximum atomic E-state index is 11.1. The molecule has 0 aliphatic rings. The van der Waals surface area contributed by atoms with Gasteiger partial charge < -0.3 is 39.5 Å². The van der Waals surface area contributed by atoms with E-state index in [-0.39, 0.29) is 36.1 Å². The topological polar surface area (TPSA) is 228 Å². The molecule has 1 rings (SSSR count). The van der Waals surface area contributed by atoms with Crippen molar-refractivity contribution in [2.24, 2.45) is 34.4 Å². The maximum absolute atomic E-state index is 11.1. The van der Waals surface area contributed by atoms with Crippen molar-refractivity contribution in [2.45, 2.75) is 37.4 Å². The van der Waals surface area contributed by atoms with E-state index in [1.165, 1.54) is 12.1 Å². The average molecular weight is 352 g/mol. The summed E-state index contributed by atoms with van der Waals surface area (Å²) in [4.78, 5) is 33.3. The van der Waals surface area contributed by atoms with Crippen LogP contribution in [-0.2, 0) is 14.4 Å². The van der Waals surface area contributed by atoms with Gasteiger partial charge in [0.2, 0.25) is 17.7 Å². The Hall–Kier alpha value is -2.69. The van der Waals surface area contributed by atoms with Crippen molar-refractivity contribution >= 4 is 17.7 Å². The Labute approximate surface area is 144 Å². The van der Waals surface area contributed by atoms with Crippen LogP contribution in [0.4, 0.5) is 0 Å². The van der Waals surface area contributed by atoms with Crippen LogP contribution in [-0.4, -0.2) is 22.8 Å². The standard InChI is InChI=1S/C15H24N6O4/c16-9(3-12(19)22)6-1-7(10(17)4-13(20)23)15(25)8(2-6)11(18)5-14(21)24/h1-2,9-11,25H,3-5,16-18H2,(H2,19,22)(H2,20,23)(H2,21,24). The second-order valence-corrected chi connectivity index (χ2v) is 5.88. The molecule has 1 aromatic carbocycles. The summed E-state index contributed by atoms with van der Waals surface area (Å²) in [6, 6.07) is 0.293. The Balaban J connectivity index is 3.41. The van der Waals surface area contributed by atoms with Crippen LogP contribution < -0.4 is 34.4 Å². The Morgan fingerprint density at radius 1 is 0.760 bits per heavy atom. The smallest absolute Gasteiger partial charge is 0.219 e. The van der Waals surface area contributed by atoms with Gasteiger partial charge in [-0.15, -0.1) is 0 Å². The fourth-order valence-electron chi connectivity index (χ4n) is 2.47. The lowest BCUT2D eigenvalue weighted by Crippen LogP contribution is -2.25. The maximum Gasteiger partial charge on any atom is 0.219 e. The first-order chi connectivity index (χ1) is 11.5. The van der Waals surface area contributed by atoms with Gasteiger partial charge in [-0.1, -0.05) is 0 Å². The van der Waals surface area contributed by atoms with Crippen LogP contribution in [0.5, 0.6) is 5.75 Å². The molecule has 0 saturated heterocycles. The molecule has 0 bridgehead atoms. The highest BCUT2D eigenvalue weighted by Gasteiger charge is 2.23. The van der Waals surface area contributed by atoms with Gasteiger partial charge in [0.15, 0.2) is 0 Å². The quantitative estimate of drug-likeness (QED) is 0.264. The molecule has 0 spiro atoms. The summed E-state index contributed by atoms with van der Waals surface area (Å²) in [6.45, 7) is 0. The molecule has 13 N–H and O–H groups in total. The van der Waals surface area contributed by atoms with Gasteiger partial charge in [-0.05, 0) is 17.7 Å². The van der Waals surface area contributed by atoms with Gasteiger partial charge in [0.1, 0.15) is 5.75 Å². The molecule has 0 heterocycles. The fraction of sp³-hybridized carbons (Fsp3) is 0.400. The molecular formula is C15H24N6O4. The summed E-state index contributed by atoms with van der Waals surface area (Å²) >= 11 is 0. The van der Waals surface area contributed by atoms with Crippen molar-refractivity contribution in [1.82, 2.24) is 0 Å². The Morgan fingerprint density at radius 3 is 1.40 bits per heavy atom. The minimum Gasteiger partial charge on any atom is -0.507 e. The molecule has 1 aromatic rings. The van der Waals surface area contributed by atoms with E-state index in [4.69, 9.17) is 34.4 Å². The zero-order valence-electron chi connectivity index (χ0n) is 13.6. The van der Waals surface area contributed by atoms with E-state index in [2.05, 4.69) is 0 Å². The number of nitrogens with two attached hydrogens (primary N) is 6. The van der Waals surface area contributed by atoms with Gasteiger partial charge in [-0.2, -0.15) is 0 Å². The zero-order chi connectivity index (χ0) is 19.3. The summed E-state index contributed by atoms with van der Waals surface area (Å²) < 4.78 is 0. The van der Waals surface area contributed by atoms with Crippen LogP contribution in [0.3, 0.4) is 0 Å². The Kier molecular flexibility index (Phi) is 6.86. The predicted molar refractivity (Wildman–Crippen MR) is 90.3 cm³/mol. The second kappa shape index (κ2) is 8.42. The van der Waals surface area contributed by atoms with Crippen LogP contribution >= 0.6 is 0 Å². The first-order valence-corrected chi connectivity index (χ1v) is 7.51. The molecule has 10 heteroatoms. The number of carbonyl (C=O) groups is 3. The van der Waals surface area contributed by atoms with Crippen LogP contribution in [0.15, 0.2) is 12.1 Å². The normalized spacial score (nSPS) is 14.5. The summed E-state index contributed by atoms with van der Waals surface area (Å²) in [5.74, 6) is -2.23. The Bertz CT molecular complexity index is 635. The van der Waals surface area contributed by atoms with Crippen LogP contribution in [0.25, 0.3) is 0 Å². The van der Waals surface area contributed by atoms with E-state index in [0.29, 0.717) is 5.56 Å². The lowest BCUT2D eigenvalue weighted by molar-refractivity contribution is -0.119. The summed E-state index contributed by atoms with van der Waals surface area (Å²) in [7, 11) is 0. The molecule has 0 aliphatic heterocycles. The van der Waals surface area contributed by atoms with Crippen molar-refractivity contribution in [3.8, 4) is 5.75 Å². The van der Waals surface area contributed by atoms with E-state index in [9.17, 15) is 19.5 Å². The third-order valence-electron chi connectivity index (χ3n) is 3.68. The van der Waals surface area contributed by atoms with Gasteiger partial charge in [0.25, 0.3) is 0 Å². The minimum atomic E-state index is -0.919. The highest BCUT2D eigenvalue weighted by molar-refractivity contribution is 5.76. The molecule has 3 amide bonds. The predicted octanol–water partition coefficient (Wildman–Crippen LogP) is -1.98. The third kappa shape index (κ3) is 5.71. The van der Waals surface area contributed by atoms with E-state index < -0.39 is 35.8 Å². The first-order valence-electron chi connectivity index (χ1n) is 7.51. The first kappa shape index (κ1) is 20.4. The fourth-order valence-corrected chi connectivity index (χ4v) is 2.47. The highest BCUT2D eigenvalue weighted by Crippen LogP contribution is 2.35. The van der Waals surface area contributed by atoms with E-state index in [0.717, 1.165) is 0 Å². The largest absolute Gasteiger partial charge is 0.507 e. The van der Waals surface area contributed by atoms with Crippen molar-refractivity contribution in [1.29, 1.82) is 0 Å². The van der Waals surface area contributed by atoms with Crippen molar-refractivity contribution in [3.63, 3.8) is 0 Å². The molecule has 10 nitrogen and oxygen atoms in total. The number of primary amides is 3. The van der Waals surface area contributed by atoms with Crippen molar-refractivity contribution in [2.75, 3.05) is 0 Å². The molecule has 0 radical (unpaired) electrons. The average Bonchev–Trinajstić information content (AvgIpc) is 2.44. The Morgan fingerprint density at radius 2 is 1.08 bits per heavy atom. The van der Waals surface area contributed by atoms with Crippen LogP contribution in [0.1, 0.15) is 54.1 Å². The molecule has 0 aromatic heterocycles. The van der Waals surface area contributed by atoms with Gasteiger partial charge in [-0.25, -0.2) is 0 Å². The minimum absolute atomic E-state index is 0.153. The molecule has 0 aliphatic carbocycles. The number of hydrogen-bond acceptors (Lipinski definition) is 7. The molecule has 0 saturated carbocycles. The zero-order valence-corrected chi connectivity index (χ0v) is 13.6. The van der Waals surface area contributed by atoms with Gasteiger partial charge in [-0.3, -0.25) is 14.4 Å². The molecule has 138 valence electrons. The van der Waals surface area contributed by atoms with E-state index in [1.54, 1.807) is 0 Å². The van der Waals surface area contributed by atoms with Gasteiger partial charge in [0.05, 0.1) is 0 Å². The number of hydrogen-bond donors (Lipinski definition) is 7. The van der Waals surface area contributed by atoms with E-state index in [1.807, 2.05) is 0 Å². The van der Waals surface area contributed by atoms with Gasteiger partial charge in [0, 0.05) is 48.5 Å². The number of phenolic OH excluding ortho intramolecular Hbond substituents is 1. The van der Waals surface area contributed by atoms with Crippen molar-refractivity contribution < 1.29 is 19.5 Å². The SMILES string of the molecule is NC(=O)CC(N)c1cc(C(N)CC(N)=O)c(O)c(C(N)CC(N)=O)c1. The summed E-state index contributed by atoms with van der Waals surface area (Å²) in [5.41, 5.74) is 33.9. The van der Waals surface area contributed by atoms with Crippen LogP contribution in [0, 0.1) is 0 Å². The third-order valence-corrected chi connectivity index (χ3v) is 3.68. The number of aromatic hydroxyl groups is 1. The molecular weight excluding hydrogens is 328 g/mol. The monoisotopic (exact) mass is 352 g/mol. The number of phenols is 1. The van der Waals surface area contributed by atoms with E-state index >= 15 is 0 Å². The second-order valence-electron chi connectivity index (χ2n) is 5.88. The number of carbonyl (C=O) groups excluding carboxylic acids is 3. The number of rotatable bonds is 9. The number of benzene rings is 1. The summed E-state index contributed by atoms with van der Waals surface area (Å²) in [5, 5.41) is 10.4. The van der Waals surface area contributed by atoms with Crippen LogP contribution in [0.2, 0.25) is 0 Å². The lowest BCUT2D eigenvalue weighted by atomic mass is 9.90. The molecule has 3 atom stereocenters. The lowest BCUT2D eigenvalue weighted by Gasteiger charge is -2.22. The molecule has 3 unspecified atom stereocenters. The highest BCUT2D eigenvalue weighted by atomic mass is 16.3. The molecule has 0 fully saturated rings. The van der Waals surface area contributed by atoms with Gasteiger partial charge >= 0.3 is 0 Å². The van der Waals surface area contributed by atoms with Crippen molar-refractivity contribution in [3.05, 3.63) is 28.8 Å². The number of amides is 3.